The number of hydrogen-bond donors (Lipinski definition) is 2. The molecular formula is C17H20N4O3. The topological polar surface area (TPSA) is 87.3 Å². The Morgan fingerprint density at radius 1 is 1.21 bits per heavy atom. The third-order valence-electron chi connectivity index (χ3n) is 4.89. The Kier molecular flexibility index (Phi) is 4.03. The Labute approximate surface area is 139 Å². The first-order chi connectivity index (χ1) is 11.7. The van der Waals surface area contributed by atoms with Crippen LogP contribution in [0.4, 0.5) is 0 Å². The molecule has 2 saturated heterocycles. The van der Waals surface area contributed by atoms with Crippen LogP contribution in [0.15, 0.2) is 29.1 Å². The molecule has 1 amide bonds. The molecule has 4 rings (SSSR count). The highest BCUT2D eigenvalue weighted by Gasteiger charge is 2.35. The number of hydrogen-bond acceptors (Lipinski definition) is 5. The fraction of sp³-hybridized carbons (Fsp3) is 0.471. The molecule has 0 saturated carbocycles. The molecule has 24 heavy (non-hydrogen) atoms. The number of nitrogens with zero attached hydrogens (tertiary/aromatic N) is 2. The van der Waals surface area contributed by atoms with Crippen molar-refractivity contribution in [1.29, 1.82) is 0 Å². The van der Waals surface area contributed by atoms with Gasteiger partial charge in [-0.15, -0.1) is 0 Å². The zero-order chi connectivity index (χ0) is 16.5. The van der Waals surface area contributed by atoms with Crippen molar-refractivity contribution < 1.29 is 9.53 Å². The normalized spacial score (nSPS) is 24.5. The van der Waals surface area contributed by atoms with Gasteiger partial charge in [-0.3, -0.25) is 14.5 Å². The first kappa shape index (κ1) is 15.3. The fourth-order valence-corrected chi connectivity index (χ4v) is 3.64. The summed E-state index contributed by atoms with van der Waals surface area (Å²) in [6.45, 7) is 3.26. The smallest absolute Gasteiger partial charge is 0.272 e. The summed E-state index contributed by atoms with van der Waals surface area (Å²) in [7, 11) is 0. The molecule has 3 heterocycles. The van der Waals surface area contributed by atoms with Gasteiger partial charge < -0.3 is 10.1 Å². The van der Waals surface area contributed by atoms with E-state index in [0.717, 1.165) is 13.1 Å². The van der Waals surface area contributed by atoms with Crippen molar-refractivity contribution in [2.45, 2.75) is 24.9 Å². The van der Waals surface area contributed by atoms with Gasteiger partial charge in [-0.05, 0) is 32.0 Å². The van der Waals surface area contributed by atoms with Crippen LogP contribution >= 0.6 is 0 Å². The maximum Gasteiger partial charge on any atom is 0.272 e. The SMILES string of the molecule is O=C(N[C@H]1COC[C@@H]1N1CCCC1)c1n[nH]c(=O)c2ccccc12. The van der Waals surface area contributed by atoms with Gasteiger partial charge >= 0.3 is 0 Å². The Morgan fingerprint density at radius 3 is 2.75 bits per heavy atom. The van der Waals surface area contributed by atoms with Gasteiger partial charge in [0.25, 0.3) is 11.5 Å². The van der Waals surface area contributed by atoms with Crippen LogP contribution in [0.3, 0.4) is 0 Å². The number of aromatic amines is 1. The quantitative estimate of drug-likeness (QED) is 0.857. The number of carbonyl (C=O) groups excluding carboxylic acids is 1. The van der Waals surface area contributed by atoms with Crippen molar-refractivity contribution in [2.75, 3.05) is 26.3 Å². The number of H-pyrrole nitrogens is 1. The second kappa shape index (κ2) is 6.33. The molecule has 0 radical (unpaired) electrons. The van der Waals surface area contributed by atoms with E-state index in [1.165, 1.54) is 12.8 Å². The average molecular weight is 328 g/mol. The molecule has 0 aliphatic carbocycles. The molecule has 1 aromatic carbocycles. The van der Waals surface area contributed by atoms with Crippen LogP contribution in [-0.2, 0) is 4.74 Å². The number of likely N-dealkylation sites (tertiary alicyclic amines) is 1. The minimum atomic E-state index is -0.290. The summed E-state index contributed by atoms with van der Waals surface area (Å²) < 4.78 is 5.59. The lowest BCUT2D eigenvalue weighted by Gasteiger charge is -2.27. The van der Waals surface area contributed by atoms with Gasteiger partial charge in [0.05, 0.1) is 30.7 Å². The number of rotatable bonds is 3. The zero-order valence-corrected chi connectivity index (χ0v) is 13.3. The molecule has 126 valence electrons. The highest BCUT2D eigenvalue weighted by atomic mass is 16.5. The van der Waals surface area contributed by atoms with Crippen molar-refractivity contribution >= 4 is 16.7 Å². The van der Waals surface area contributed by atoms with Crippen LogP contribution < -0.4 is 10.9 Å². The molecule has 2 atom stereocenters. The van der Waals surface area contributed by atoms with Crippen molar-refractivity contribution in [3.8, 4) is 0 Å². The Hall–Kier alpha value is -2.25. The summed E-state index contributed by atoms with van der Waals surface area (Å²) in [5, 5.41) is 10.5. The molecule has 2 aliphatic heterocycles. The highest BCUT2D eigenvalue weighted by Crippen LogP contribution is 2.20. The lowest BCUT2D eigenvalue weighted by molar-refractivity contribution is 0.0912. The van der Waals surface area contributed by atoms with Crippen LogP contribution in [0.25, 0.3) is 10.8 Å². The van der Waals surface area contributed by atoms with Crippen molar-refractivity contribution in [2.24, 2.45) is 0 Å². The lowest BCUT2D eigenvalue weighted by atomic mass is 10.1. The first-order valence-electron chi connectivity index (χ1n) is 8.34. The summed E-state index contributed by atoms with van der Waals surface area (Å²) >= 11 is 0. The summed E-state index contributed by atoms with van der Waals surface area (Å²) in [6, 6.07) is 7.17. The average Bonchev–Trinajstić information content (AvgIpc) is 3.26. The third kappa shape index (κ3) is 2.70. The molecule has 0 spiro atoms. The number of ether oxygens (including phenoxy) is 1. The van der Waals surface area contributed by atoms with E-state index < -0.39 is 0 Å². The minimum absolute atomic E-state index is 0.0527. The third-order valence-corrected chi connectivity index (χ3v) is 4.89. The molecule has 7 heteroatoms. The lowest BCUT2D eigenvalue weighted by Crippen LogP contribution is -2.50. The summed E-state index contributed by atoms with van der Waals surface area (Å²) in [6.07, 6.45) is 2.40. The van der Waals surface area contributed by atoms with E-state index in [1.54, 1.807) is 24.3 Å². The van der Waals surface area contributed by atoms with Crippen LogP contribution in [-0.4, -0.2) is 59.4 Å². The molecule has 2 aliphatic rings. The molecule has 7 nitrogen and oxygen atoms in total. The van der Waals surface area contributed by atoms with E-state index in [1.807, 2.05) is 0 Å². The van der Waals surface area contributed by atoms with Gasteiger partial charge in [-0.2, -0.15) is 5.10 Å². The monoisotopic (exact) mass is 328 g/mol. The van der Waals surface area contributed by atoms with E-state index in [4.69, 9.17) is 4.74 Å². The van der Waals surface area contributed by atoms with E-state index in [2.05, 4.69) is 20.4 Å². The standard InChI is InChI=1S/C17H20N4O3/c22-16-12-6-2-1-5-11(12)15(19-20-16)17(23)18-13-9-24-10-14(13)21-7-3-4-8-21/h1-2,5-6,13-14H,3-4,7-10H2,(H,18,23)(H,20,22)/t13-,14-/m0/s1. The number of carbonyl (C=O) groups is 1. The van der Waals surface area contributed by atoms with Gasteiger partial charge in [0.2, 0.25) is 0 Å². The second-order valence-corrected chi connectivity index (χ2v) is 6.37. The number of amides is 1. The number of nitrogens with one attached hydrogen (secondary N) is 2. The minimum Gasteiger partial charge on any atom is -0.378 e. The van der Waals surface area contributed by atoms with Gasteiger partial charge in [0.15, 0.2) is 5.69 Å². The largest absolute Gasteiger partial charge is 0.378 e. The van der Waals surface area contributed by atoms with Crippen LogP contribution in [0.1, 0.15) is 23.3 Å². The molecule has 2 fully saturated rings. The maximum atomic E-state index is 12.7. The number of benzene rings is 1. The van der Waals surface area contributed by atoms with E-state index >= 15 is 0 Å². The summed E-state index contributed by atoms with van der Waals surface area (Å²) in [5.41, 5.74) is -0.0430. The Bertz CT molecular complexity index is 813. The molecule has 0 unspecified atom stereocenters. The van der Waals surface area contributed by atoms with Crippen molar-refractivity contribution in [1.82, 2.24) is 20.4 Å². The highest BCUT2D eigenvalue weighted by molar-refractivity contribution is 6.04. The molecular weight excluding hydrogens is 308 g/mol. The predicted octanol–water partition coefficient (Wildman–Crippen LogP) is 0.516. The maximum absolute atomic E-state index is 12.7. The van der Waals surface area contributed by atoms with E-state index in [0.29, 0.717) is 24.0 Å². The van der Waals surface area contributed by atoms with Crippen LogP contribution in [0.5, 0.6) is 0 Å². The van der Waals surface area contributed by atoms with Crippen LogP contribution in [0.2, 0.25) is 0 Å². The number of aromatic nitrogens is 2. The zero-order valence-electron chi connectivity index (χ0n) is 13.3. The molecule has 1 aromatic heterocycles. The summed E-state index contributed by atoms with van der Waals surface area (Å²) in [4.78, 5) is 26.9. The molecule has 2 aromatic rings. The number of fused-ring (bicyclic) bond motifs is 1. The van der Waals surface area contributed by atoms with Gasteiger partial charge in [-0.1, -0.05) is 18.2 Å². The van der Waals surface area contributed by atoms with Crippen LogP contribution in [0, 0.1) is 0 Å². The van der Waals surface area contributed by atoms with Gasteiger partial charge in [-0.25, -0.2) is 5.10 Å². The van der Waals surface area contributed by atoms with Crippen molar-refractivity contribution in [3.63, 3.8) is 0 Å². The van der Waals surface area contributed by atoms with E-state index in [-0.39, 0.29) is 29.2 Å². The predicted molar refractivity (Wildman–Crippen MR) is 89.0 cm³/mol. The van der Waals surface area contributed by atoms with Gasteiger partial charge in [0, 0.05) is 5.39 Å². The first-order valence-corrected chi connectivity index (χ1v) is 8.34. The Morgan fingerprint density at radius 2 is 1.96 bits per heavy atom. The summed E-state index contributed by atoms with van der Waals surface area (Å²) in [5.74, 6) is -0.276. The second-order valence-electron chi connectivity index (χ2n) is 6.37. The van der Waals surface area contributed by atoms with Crippen molar-refractivity contribution in [3.05, 3.63) is 40.3 Å². The van der Waals surface area contributed by atoms with E-state index in [9.17, 15) is 9.59 Å². The van der Waals surface area contributed by atoms with Gasteiger partial charge in [0.1, 0.15) is 0 Å². The molecule has 2 N–H and O–H groups in total. The Balaban J connectivity index is 1.58. The fourth-order valence-electron chi connectivity index (χ4n) is 3.64. The molecule has 0 bridgehead atoms.